The molecule has 2 aliphatic rings. The van der Waals surface area contributed by atoms with Crippen LogP contribution in [0.5, 0.6) is 0 Å². The van der Waals surface area contributed by atoms with Crippen molar-refractivity contribution >= 4 is 23.5 Å². The molecule has 28 heavy (non-hydrogen) atoms. The summed E-state index contributed by atoms with van der Waals surface area (Å²) in [5.74, 6) is -0.991. The van der Waals surface area contributed by atoms with Crippen LogP contribution in [0.15, 0.2) is 48.5 Å². The van der Waals surface area contributed by atoms with Gasteiger partial charge in [-0.15, -0.1) is 0 Å². The van der Waals surface area contributed by atoms with Gasteiger partial charge >= 0.3 is 5.97 Å². The molecule has 0 saturated heterocycles. The van der Waals surface area contributed by atoms with Crippen molar-refractivity contribution < 1.29 is 14.7 Å². The van der Waals surface area contributed by atoms with E-state index in [2.05, 4.69) is 0 Å². The minimum absolute atomic E-state index is 0.0500. The first-order valence-electron chi connectivity index (χ1n) is 9.85. The summed E-state index contributed by atoms with van der Waals surface area (Å²) < 4.78 is 0. The van der Waals surface area contributed by atoms with Gasteiger partial charge in [-0.25, -0.2) is 0 Å². The van der Waals surface area contributed by atoms with Gasteiger partial charge in [-0.3, -0.25) is 9.59 Å². The highest BCUT2D eigenvalue weighted by atomic mass is 35.5. The zero-order chi connectivity index (χ0) is 19.9. The molecule has 4 rings (SSSR count). The minimum atomic E-state index is -1.24. The van der Waals surface area contributed by atoms with Gasteiger partial charge in [0.25, 0.3) is 5.91 Å². The molecule has 1 N–H and O–H groups in total. The second-order valence-electron chi connectivity index (χ2n) is 8.01. The molecule has 2 aromatic rings. The lowest BCUT2D eigenvalue weighted by Gasteiger charge is -2.50. The Labute approximate surface area is 170 Å². The minimum Gasteiger partial charge on any atom is -0.481 e. The molecule has 1 aliphatic heterocycles. The topological polar surface area (TPSA) is 57.6 Å². The molecule has 146 valence electrons. The molecular formula is C23H24ClNO3. The Hall–Kier alpha value is -2.33. The Morgan fingerprint density at radius 1 is 1.07 bits per heavy atom. The van der Waals surface area contributed by atoms with E-state index >= 15 is 0 Å². The Morgan fingerprint density at radius 2 is 1.71 bits per heavy atom. The quantitative estimate of drug-likeness (QED) is 0.773. The largest absolute Gasteiger partial charge is 0.481 e. The van der Waals surface area contributed by atoms with Crippen LogP contribution in [0, 0.1) is 0 Å². The van der Waals surface area contributed by atoms with Gasteiger partial charge in [-0.1, -0.05) is 61.2 Å². The van der Waals surface area contributed by atoms with Crippen molar-refractivity contribution in [2.24, 2.45) is 0 Å². The molecule has 0 radical (unpaired) electrons. The average molecular weight is 398 g/mol. The first-order chi connectivity index (χ1) is 13.4. The van der Waals surface area contributed by atoms with Gasteiger partial charge in [0, 0.05) is 16.6 Å². The fourth-order valence-corrected chi connectivity index (χ4v) is 5.04. The number of nitrogens with zero attached hydrogens (tertiary/aromatic N) is 1. The third kappa shape index (κ3) is 2.91. The van der Waals surface area contributed by atoms with Gasteiger partial charge in [0.1, 0.15) is 5.41 Å². The van der Waals surface area contributed by atoms with Crippen LogP contribution < -0.4 is 0 Å². The Morgan fingerprint density at radius 3 is 2.36 bits per heavy atom. The van der Waals surface area contributed by atoms with Crippen molar-refractivity contribution in [1.82, 2.24) is 4.90 Å². The summed E-state index contributed by atoms with van der Waals surface area (Å²) in [6, 6.07) is 13.9. The van der Waals surface area contributed by atoms with Crippen LogP contribution in [-0.4, -0.2) is 27.9 Å². The smallest absolute Gasteiger partial charge is 0.316 e. The highest BCUT2D eigenvalue weighted by molar-refractivity contribution is 6.30. The van der Waals surface area contributed by atoms with Gasteiger partial charge in [0.15, 0.2) is 0 Å². The van der Waals surface area contributed by atoms with Crippen LogP contribution in [0.25, 0.3) is 0 Å². The van der Waals surface area contributed by atoms with E-state index in [4.69, 9.17) is 11.6 Å². The van der Waals surface area contributed by atoms with E-state index in [-0.39, 0.29) is 11.9 Å². The second-order valence-corrected chi connectivity index (χ2v) is 8.45. The molecule has 0 aromatic heterocycles. The van der Waals surface area contributed by atoms with E-state index in [1.807, 2.05) is 23.1 Å². The summed E-state index contributed by atoms with van der Waals surface area (Å²) in [6.45, 7) is 1.75. The monoisotopic (exact) mass is 397 g/mol. The van der Waals surface area contributed by atoms with E-state index in [1.54, 1.807) is 37.3 Å². The number of carbonyl (C=O) groups is 2. The maximum absolute atomic E-state index is 13.6. The van der Waals surface area contributed by atoms with E-state index in [9.17, 15) is 14.7 Å². The Balaban J connectivity index is 1.96. The van der Waals surface area contributed by atoms with Crippen molar-refractivity contribution in [2.75, 3.05) is 0 Å². The van der Waals surface area contributed by atoms with Crippen molar-refractivity contribution in [1.29, 1.82) is 0 Å². The number of carbonyl (C=O) groups excluding carboxylic acids is 1. The number of fused-ring (bicyclic) bond motifs is 1. The number of carboxylic acid groups (broad SMARTS) is 1. The molecule has 0 unspecified atom stereocenters. The van der Waals surface area contributed by atoms with Crippen molar-refractivity contribution in [3.8, 4) is 0 Å². The molecule has 2 aromatic carbocycles. The third-order valence-electron chi connectivity index (χ3n) is 6.37. The molecule has 4 nitrogen and oxygen atoms in total. The van der Waals surface area contributed by atoms with Crippen LogP contribution >= 0.6 is 11.6 Å². The van der Waals surface area contributed by atoms with E-state index in [1.165, 1.54) is 0 Å². The number of amides is 1. The van der Waals surface area contributed by atoms with Crippen molar-refractivity contribution in [2.45, 2.75) is 56.5 Å². The molecule has 0 spiro atoms. The van der Waals surface area contributed by atoms with Crippen LogP contribution in [0.1, 0.15) is 66.6 Å². The fraction of sp³-hybridized carbons (Fsp3) is 0.391. The second kappa shape index (κ2) is 7.25. The summed E-state index contributed by atoms with van der Waals surface area (Å²) >= 11 is 6.08. The molecular weight excluding hydrogens is 374 g/mol. The fourth-order valence-electron chi connectivity index (χ4n) is 4.91. The normalized spacial score (nSPS) is 25.4. The van der Waals surface area contributed by atoms with Crippen LogP contribution in [-0.2, 0) is 10.2 Å². The maximum Gasteiger partial charge on any atom is 0.316 e. The number of hydrogen-bond donors (Lipinski definition) is 1. The lowest BCUT2D eigenvalue weighted by atomic mass is 9.67. The van der Waals surface area contributed by atoms with Gasteiger partial charge in [-0.2, -0.15) is 0 Å². The Bertz CT molecular complexity index is 904. The summed E-state index contributed by atoms with van der Waals surface area (Å²) in [4.78, 5) is 28.1. The molecule has 1 fully saturated rings. The highest BCUT2D eigenvalue weighted by Gasteiger charge is 2.54. The zero-order valence-electron chi connectivity index (χ0n) is 15.9. The van der Waals surface area contributed by atoms with Crippen LogP contribution in [0.3, 0.4) is 0 Å². The molecule has 0 bridgehead atoms. The summed E-state index contributed by atoms with van der Waals surface area (Å²) in [7, 11) is 0. The van der Waals surface area contributed by atoms with Gasteiger partial charge in [0.2, 0.25) is 0 Å². The Kier molecular flexibility index (Phi) is 4.92. The maximum atomic E-state index is 13.6. The SMILES string of the molecule is C[C@@]1(C(=O)O)c2ccccc2C(=O)N(C2CCCCC2)[C@@H]1c1ccc(Cl)cc1. The zero-order valence-corrected chi connectivity index (χ0v) is 16.7. The van der Waals surface area contributed by atoms with Gasteiger partial charge < -0.3 is 10.0 Å². The summed E-state index contributed by atoms with van der Waals surface area (Å²) in [5.41, 5.74) is 0.654. The first kappa shape index (κ1) is 19.0. The van der Waals surface area contributed by atoms with E-state index in [0.717, 1.165) is 37.7 Å². The van der Waals surface area contributed by atoms with E-state index in [0.29, 0.717) is 16.1 Å². The third-order valence-corrected chi connectivity index (χ3v) is 6.63. The molecule has 2 atom stereocenters. The summed E-state index contributed by atoms with van der Waals surface area (Å²) in [5, 5.41) is 11.0. The number of halogens is 1. The average Bonchev–Trinajstić information content (AvgIpc) is 2.72. The number of carboxylic acids is 1. The predicted octanol–water partition coefficient (Wildman–Crippen LogP) is 5.21. The van der Waals surface area contributed by atoms with Crippen LogP contribution in [0.4, 0.5) is 0 Å². The van der Waals surface area contributed by atoms with Gasteiger partial charge in [-0.05, 0) is 49.1 Å². The molecule has 1 amide bonds. The predicted molar refractivity (Wildman–Crippen MR) is 109 cm³/mol. The van der Waals surface area contributed by atoms with Gasteiger partial charge in [0.05, 0.1) is 6.04 Å². The van der Waals surface area contributed by atoms with Crippen molar-refractivity contribution in [3.63, 3.8) is 0 Å². The lowest BCUT2D eigenvalue weighted by Crippen LogP contribution is -2.57. The van der Waals surface area contributed by atoms with Crippen LogP contribution in [0.2, 0.25) is 5.02 Å². The number of aliphatic carboxylic acids is 1. The molecule has 1 heterocycles. The number of benzene rings is 2. The number of rotatable bonds is 3. The van der Waals surface area contributed by atoms with E-state index < -0.39 is 17.4 Å². The molecule has 5 heteroatoms. The first-order valence-corrected chi connectivity index (χ1v) is 10.2. The highest BCUT2D eigenvalue weighted by Crippen LogP contribution is 2.49. The molecule has 1 aliphatic carbocycles. The summed E-state index contributed by atoms with van der Waals surface area (Å²) in [6.07, 6.45) is 5.11. The number of hydrogen-bond acceptors (Lipinski definition) is 2. The molecule has 1 saturated carbocycles. The lowest BCUT2D eigenvalue weighted by molar-refractivity contribution is -0.146. The standard InChI is InChI=1S/C23H24ClNO3/c1-23(22(27)28)19-10-6-5-9-18(19)21(26)25(17-7-3-2-4-8-17)20(23)15-11-13-16(24)14-12-15/h5-6,9-14,17,20H,2-4,7-8H2,1H3,(H,27,28)/t20-,23-/m1/s1. The van der Waals surface area contributed by atoms with Crippen molar-refractivity contribution in [3.05, 3.63) is 70.2 Å².